The summed E-state index contributed by atoms with van der Waals surface area (Å²) in [6.07, 6.45) is 0.191. The molecule has 0 aromatic heterocycles. The number of carbonyl (C=O) groups excluding carboxylic acids is 3. The fraction of sp³-hybridized carbons (Fsp3) is 0.333. The topological polar surface area (TPSA) is 141 Å². The monoisotopic (exact) mass is 466 g/mol. The number of benzene rings is 2. The summed E-state index contributed by atoms with van der Waals surface area (Å²) in [6, 6.07) is 13.7. The molecule has 0 saturated carbocycles. The number of rotatable bonds is 6. The first-order valence-corrected chi connectivity index (χ1v) is 10.7. The normalized spacial score (nSPS) is 17.6. The number of amides is 3. The molecule has 0 radical (unpaired) electrons. The van der Waals surface area contributed by atoms with Crippen molar-refractivity contribution in [2.24, 2.45) is 0 Å². The Labute approximate surface area is 197 Å². The number of esters is 1. The quantitative estimate of drug-likeness (QED) is 0.552. The molecule has 10 nitrogen and oxygen atoms in total. The predicted molar refractivity (Wildman–Crippen MR) is 122 cm³/mol. The lowest BCUT2D eigenvalue weighted by Crippen LogP contribution is -2.50. The lowest BCUT2D eigenvalue weighted by Gasteiger charge is -2.27. The summed E-state index contributed by atoms with van der Waals surface area (Å²) < 4.78 is 9.78. The molecule has 3 N–H and O–H groups in total. The van der Waals surface area contributed by atoms with E-state index in [1.807, 2.05) is 6.07 Å². The van der Waals surface area contributed by atoms with Crippen molar-refractivity contribution in [1.82, 2.24) is 10.2 Å². The van der Waals surface area contributed by atoms with Crippen molar-refractivity contribution >= 4 is 23.6 Å². The standard InChI is InChI=1S/C24H26N4O6/c1-33-22(30)15-34-19-9-7-17(8-10-19)23(31)27-20-14-28(11-3-6-21(20)29)24(32)26-18-5-2-4-16(12-18)13-25/h2,4-5,7-10,12,20-21,29H,3,6,11,14-15H2,1H3,(H,26,32)(H,27,31)/t20-,21+/m0/s1. The molecule has 1 aliphatic heterocycles. The fourth-order valence-electron chi connectivity index (χ4n) is 3.49. The predicted octanol–water partition coefficient (Wildman–Crippen LogP) is 1.90. The second kappa shape index (κ2) is 11.7. The van der Waals surface area contributed by atoms with Gasteiger partial charge in [-0.1, -0.05) is 6.07 Å². The number of anilines is 1. The first kappa shape index (κ1) is 24.5. The second-order valence-corrected chi connectivity index (χ2v) is 7.75. The zero-order valence-corrected chi connectivity index (χ0v) is 18.7. The number of hydrogen-bond donors (Lipinski definition) is 3. The molecule has 2 atom stereocenters. The van der Waals surface area contributed by atoms with Gasteiger partial charge in [-0.05, 0) is 55.3 Å². The minimum absolute atomic E-state index is 0.122. The number of nitriles is 1. The van der Waals surface area contributed by atoms with Gasteiger partial charge in [0.05, 0.1) is 30.9 Å². The van der Waals surface area contributed by atoms with Crippen LogP contribution in [-0.2, 0) is 9.53 Å². The highest BCUT2D eigenvalue weighted by molar-refractivity contribution is 5.94. The van der Waals surface area contributed by atoms with Gasteiger partial charge in [-0.15, -0.1) is 0 Å². The van der Waals surface area contributed by atoms with Crippen LogP contribution in [0.15, 0.2) is 48.5 Å². The van der Waals surface area contributed by atoms with Gasteiger partial charge < -0.3 is 30.1 Å². The third-order valence-electron chi connectivity index (χ3n) is 5.36. The van der Waals surface area contributed by atoms with Crippen LogP contribution in [0.2, 0.25) is 0 Å². The molecule has 2 aromatic rings. The van der Waals surface area contributed by atoms with Gasteiger partial charge >= 0.3 is 12.0 Å². The minimum atomic E-state index is -0.814. The van der Waals surface area contributed by atoms with Crippen molar-refractivity contribution in [2.75, 3.05) is 32.1 Å². The molecular formula is C24H26N4O6. The third-order valence-corrected chi connectivity index (χ3v) is 5.36. The van der Waals surface area contributed by atoms with E-state index in [-0.39, 0.29) is 19.2 Å². The average molecular weight is 466 g/mol. The lowest BCUT2D eigenvalue weighted by molar-refractivity contribution is -0.142. The van der Waals surface area contributed by atoms with Crippen LogP contribution in [0.5, 0.6) is 5.75 Å². The number of ether oxygens (including phenoxy) is 2. The van der Waals surface area contributed by atoms with E-state index in [1.54, 1.807) is 36.4 Å². The Balaban J connectivity index is 1.61. The van der Waals surface area contributed by atoms with Crippen molar-refractivity contribution in [2.45, 2.75) is 25.0 Å². The molecule has 0 bridgehead atoms. The maximum atomic E-state index is 12.8. The molecule has 3 amide bonds. The maximum absolute atomic E-state index is 12.8. The number of likely N-dealkylation sites (tertiary alicyclic amines) is 1. The van der Waals surface area contributed by atoms with Crippen LogP contribution in [0.3, 0.4) is 0 Å². The molecule has 1 heterocycles. The fourth-order valence-corrected chi connectivity index (χ4v) is 3.49. The first-order chi connectivity index (χ1) is 16.4. The zero-order chi connectivity index (χ0) is 24.5. The van der Waals surface area contributed by atoms with E-state index in [0.29, 0.717) is 42.0 Å². The highest BCUT2D eigenvalue weighted by Gasteiger charge is 2.29. The summed E-state index contributed by atoms with van der Waals surface area (Å²) in [5, 5.41) is 25.1. The molecule has 34 heavy (non-hydrogen) atoms. The first-order valence-electron chi connectivity index (χ1n) is 10.7. The molecule has 1 saturated heterocycles. The molecule has 178 valence electrons. The summed E-state index contributed by atoms with van der Waals surface area (Å²) in [7, 11) is 1.26. The Hall–Kier alpha value is -4.10. The Morgan fingerprint density at radius 1 is 1.21 bits per heavy atom. The zero-order valence-electron chi connectivity index (χ0n) is 18.7. The molecular weight excluding hydrogens is 440 g/mol. The molecule has 10 heteroatoms. The van der Waals surface area contributed by atoms with Gasteiger partial charge in [0.25, 0.3) is 5.91 Å². The molecule has 1 fully saturated rings. The van der Waals surface area contributed by atoms with Gasteiger partial charge in [-0.2, -0.15) is 5.26 Å². The van der Waals surface area contributed by atoms with Crippen LogP contribution in [0, 0.1) is 11.3 Å². The molecule has 3 rings (SSSR count). The van der Waals surface area contributed by atoms with Gasteiger partial charge in [-0.3, -0.25) is 4.79 Å². The number of methoxy groups -OCH3 is 1. The highest BCUT2D eigenvalue weighted by atomic mass is 16.6. The Kier molecular flexibility index (Phi) is 8.43. The Bertz CT molecular complexity index is 1070. The molecule has 0 aliphatic carbocycles. The van der Waals surface area contributed by atoms with Crippen LogP contribution in [0.1, 0.15) is 28.8 Å². The number of hydrogen-bond acceptors (Lipinski definition) is 7. The summed E-state index contributed by atoms with van der Waals surface area (Å²) in [6.45, 7) is 0.297. The smallest absolute Gasteiger partial charge is 0.343 e. The van der Waals surface area contributed by atoms with E-state index in [9.17, 15) is 19.5 Å². The maximum Gasteiger partial charge on any atom is 0.343 e. The van der Waals surface area contributed by atoms with Gasteiger partial charge in [0.15, 0.2) is 6.61 Å². The second-order valence-electron chi connectivity index (χ2n) is 7.75. The van der Waals surface area contributed by atoms with E-state index >= 15 is 0 Å². The van der Waals surface area contributed by atoms with Gasteiger partial charge in [0.1, 0.15) is 5.75 Å². The lowest BCUT2D eigenvalue weighted by atomic mass is 10.1. The molecule has 0 unspecified atom stereocenters. The molecule has 2 aromatic carbocycles. The van der Waals surface area contributed by atoms with Gasteiger partial charge in [0.2, 0.25) is 0 Å². The van der Waals surface area contributed by atoms with Crippen molar-refractivity contribution in [3.05, 3.63) is 59.7 Å². The van der Waals surface area contributed by atoms with Crippen LogP contribution in [0.4, 0.5) is 10.5 Å². The van der Waals surface area contributed by atoms with Crippen molar-refractivity contribution in [1.29, 1.82) is 5.26 Å². The van der Waals surface area contributed by atoms with Crippen LogP contribution >= 0.6 is 0 Å². The number of aliphatic hydroxyl groups is 1. The van der Waals surface area contributed by atoms with Gasteiger partial charge in [-0.25, -0.2) is 9.59 Å². The summed E-state index contributed by atoms with van der Waals surface area (Å²) in [5.41, 5.74) is 1.26. The number of carbonyl (C=O) groups is 3. The summed E-state index contributed by atoms with van der Waals surface area (Å²) in [4.78, 5) is 38.2. The van der Waals surface area contributed by atoms with Crippen LogP contribution in [-0.4, -0.2) is 66.9 Å². The Morgan fingerprint density at radius 3 is 2.68 bits per heavy atom. The van der Waals surface area contributed by atoms with Crippen LogP contribution in [0.25, 0.3) is 0 Å². The Morgan fingerprint density at radius 2 is 1.97 bits per heavy atom. The van der Waals surface area contributed by atoms with Crippen molar-refractivity contribution in [3.8, 4) is 11.8 Å². The minimum Gasteiger partial charge on any atom is -0.482 e. The largest absolute Gasteiger partial charge is 0.482 e. The van der Waals surface area contributed by atoms with E-state index in [0.717, 1.165) is 0 Å². The van der Waals surface area contributed by atoms with Crippen molar-refractivity contribution < 1.29 is 29.0 Å². The molecule has 1 aliphatic rings. The van der Waals surface area contributed by atoms with Crippen molar-refractivity contribution in [3.63, 3.8) is 0 Å². The summed E-state index contributed by atoms with van der Waals surface area (Å²) >= 11 is 0. The third kappa shape index (κ3) is 6.70. The van der Waals surface area contributed by atoms with E-state index in [4.69, 9.17) is 10.00 Å². The summed E-state index contributed by atoms with van der Waals surface area (Å²) in [5.74, 6) is -0.525. The average Bonchev–Trinajstić information content (AvgIpc) is 3.04. The number of urea groups is 1. The van der Waals surface area contributed by atoms with Gasteiger partial charge in [0, 0.05) is 24.3 Å². The van der Waals surface area contributed by atoms with E-state index < -0.39 is 24.0 Å². The highest BCUT2D eigenvalue weighted by Crippen LogP contribution is 2.17. The number of nitrogens with one attached hydrogen (secondary N) is 2. The van der Waals surface area contributed by atoms with E-state index in [2.05, 4.69) is 15.4 Å². The number of aliphatic hydroxyl groups excluding tert-OH is 1. The van der Waals surface area contributed by atoms with Crippen LogP contribution < -0.4 is 15.4 Å². The molecule has 0 spiro atoms. The van der Waals surface area contributed by atoms with E-state index in [1.165, 1.54) is 24.1 Å². The number of nitrogens with zero attached hydrogens (tertiary/aromatic N) is 2. The SMILES string of the molecule is COC(=O)COc1ccc(C(=O)N[C@H]2CN(C(=O)Nc3cccc(C#N)c3)CCC[C@H]2O)cc1.